The Morgan fingerprint density at radius 3 is 2.65 bits per heavy atom. The summed E-state index contributed by atoms with van der Waals surface area (Å²) in [6.45, 7) is 0.347. The number of nitrogens with one attached hydrogen (secondary N) is 2. The fraction of sp³-hybridized carbons (Fsp3) is 0.316. The maximum absolute atomic E-state index is 13.6. The Balaban J connectivity index is 1.79. The smallest absolute Gasteiger partial charge is 0.272 e. The number of aliphatic imine (C=N–C) groups is 1. The normalized spacial score (nSPS) is 11.5. The molecule has 140 valence electrons. The van der Waals surface area contributed by atoms with Gasteiger partial charge in [0.25, 0.3) is 6.43 Å². The zero-order valence-electron chi connectivity index (χ0n) is 14.5. The van der Waals surface area contributed by atoms with Gasteiger partial charge in [0.05, 0.1) is 0 Å². The molecule has 0 saturated heterocycles. The van der Waals surface area contributed by atoms with Crippen LogP contribution in [0.1, 0.15) is 11.1 Å². The van der Waals surface area contributed by atoms with Crippen LogP contribution in [0, 0.1) is 5.82 Å². The number of halogens is 3. The molecule has 0 aliphatic carbocycles. The Morgan fingerprint density at radius 2 is 1.92 bits per heavy atom. The molecule has 0 heterocycles. The SMILES string of the molecule is CN=C(NCCc1ccccc1F)NCc1cccc(OCC(F)F)c1. The molecule has 0 radical (unpaired) electrons. The number of nitrogens with zero attached hydrogens (tertiary/aromatic N) is 1. The number of alkyl halides is 2. The van der Waals surface area contributed by atoms with Crippen LogP contribution < -0.4 is 15.4 Å². The van der Waals surface area contributed by atoms with Crippen LogP contribution in [-0.2, 0) is 13.0 Å². The van der Waals surface area contributed by atoms with Gasteiger partial charge in [0.2, 0.25) is 0 Å². The summed E-state index contributed by atoms with van der Waals surface area (Å²) >= 11 is 0. The summed E-state index contributed by atoms with van der Waals surface area (Å²) in [6.07, 6.45) is -1.97. The van der Waals surface area contributed by atoms with Crippen molar-refractivity contribution in [2.75, 3.05) is 20.2 Å². The Bertz CT molecular complexity index is 723. The molecular weight excluding hydrogens is 343 g/mol. The minimum absolute atomic E-state index is 0.224. The van der Waals surface area contributed by atoms with E-state index in [1.807, 2.05) is 6.07 Å². The summed E-state index contributed by atoms with van der Waals surface area (Å²) < 4.78 is 43.0. The highest BCUT2D eigenvalue weighted by Gasteiger charge is 2.05. The predicted octanol–water partition coefficient (Wildman–Crippen LogP) is 3.38. The zero-order valence-corrected chi connectivity index (χ0v) is 14.5. The minimum atomic E-state index is -2.51. The van der Waals surface area contributed by atoms with E-state index in [1.54, 1.807) is 43.4 Å². The van der Waals surface area contributed by atoms with E-state index in [2.05, 4.69) is 15.6 Å². The van der Waals surface area contributed by atoms with Crippen molar-refractivity contribution < 1.29 is 17.9 Å². The van der Waals surface area contributed by atoms with E-state index in [4.69, 9.17) is 4.74 Å². The summed E-state index contributed by atoms with van der Waals surface area (Å²) in [5.74, 6) is 0.741. The van der Waals surface area contributed by atoms with Gasteiger partial charge in [0.15, 0.2) is 5.96 Å². The van der Waals surface area contributed by atoms with Crippen molar-refractivity contribution in [1.82, 2.24) is 10.6 Å². The van der Waals surface area contributed by atoms with E-state index < -0.39 is 13.0 Å². The molecule has 0 amide bonds. The van der Waals surface area contributed by atoms with E-state index in [0.29, 0.717) is 36.8 Å². The molecule has 0 atom stereocenters. The maximum atomic E-state index is 13.6. The van der Waals surface area contributed by atoms with Crippen molar-refractivity contribution in [2.24, 2.45) is 4.99 Å². The first-order valence-corrected chi connectivity index (χ1v) is 8.26. The molecule has 0 unspecified atom stereocenters. The zero-order chi connectivity index (χ0) is 18.8. The first-order chi connectivity index (χ1) is 12.6. The van der Waals surface area contributed by atoms with Gasteiger partial charge < -0.3 is 15.4 Å². The van der Waals surface area contributed by atoms with Gasteiger partial charge in [-0.15, -0.1) is 0 Å². The highest BCUT2D eigenvalue weighted by molar-refractivity contribution is 5.79. The molecule has 0 fully saturated rings. The fourth-order valence-electron chi connectivity index (χ4n) is 2.33. The Morgan fingerprint density at radius 1 is 1.12 bits per heavy atom. The minimum Gasteiger partial charge on any atom is -0.488 e. The first-order valence-electron chi connectivity index (χ1n) is 8.26. The van der Waals surface area contributed by atoms with E-state index in [1.165, 1.54) is 6.07 Å². The second-order valence-electron chi connectivity index (χ2n) is 5.54. The predicted molar refractivity (Wildman–Crippen MR) is 96.2 cm³/mol. The van der Waals surface area contributed by atoms with Gasteiger partial charge in [0, 0.05) is 20.1 Å². The molecule has 26 heavy (non-hydrogen) atoms. The van der Waals surface area contributed by atoms with E-state index >= 15 is 0 Å². The molecule has 0 spiro atoms. The van der Waals surface area contributed by atoms with Gasteiger partial charge in [-0.2, -0.15) is 0 Å². The second-order valence-corrected chi connectivity index (χ2v) is 5.54. The number of guanidine groups is 1. The van der Waals surface area contributed by atoms with E-state index in [0.717, 1.165) is 5.56 Å². The summed E-state index contributed by atoms with van der Waals surface area (Å²) in [6, 6.07) is 13.6. The van der Waals surface area contributed by atoms with Crippen LogP contribution in [0.4, 0.5) is 13.2 Å². The molecule has 2 aromatic rings. The molecule has 0 aliphatic rings. The van der Waals surface area contributed by atoms with Crippen LogP contribution in [0.2, 0.25) is 0 Å². The van der Waals surface area contributed by atoms with Crippen LogP contribution in [0.15, 0.2) is 53.5 Å². The monoisotopic (exact) mass is 365 g/mol. The summed E-state index contributed by atoms with van der Waals surface area (Å²) in [4.78, 5) is 4.11. The van der Waals surface area contributed by atoms with Crippen molar-refractivity contribution in [3.63, 3.8) is 0 Å². The van der Waals surface area contributed by atoms with E-state index in [-0.39, 0.29) is 5.82 Å². The highest BCUT2D eigenvalue weighted by atomic mass is 19.3. The highest BCUT2D eigenvalue weighted by Crippen LogP contribution is 2.14. The van der Waals surface area contributed by atoms with Crippen molar-refractivity contribution in [1.29, 1.82) is 0 Å². The Hall–Kier alpha value is -2.70. The van der Waals surface area contributed by atoms with Crippen LogP contribution >= 0.6 is 0 Å². The molecule has 0 bridgehead atoms. The number of rotatable bonds is 8. The lowest BCUT2D eigenvalue weighted by molar-refractivity contribution is 0.0818. The molecule has 2 N–H and O–H groups in total. The number of ether oxygens (including phenoxy) is 1. The third-order valence-electron chi connectivity index (χ3n) is 3.60. The number of hydrogen-bond donors (Lipinski definition) is 2. The van der Waals surface area contributed by atoms with Gasteiger partial charge >= 0.3 is 0 Å². The fourth-order valence-corrected chi connectivity index (χ4v) is 2.33. The van der Waals surface area contributed by atoms with Gasteiger partial charge in [-0.25, -0.2) is 13.2 Å². The molecule has 7 heteroatoms. The Kier molecular flexibility index (Phi) is 7.79. The second kappa shape index (κ2) is 10.3. The average molecular weight is 365 g/mol. The van der Waals surface area contributed by atoms with Crippen molar-refractivity contribution in [3.8, 4) is 5.75 Å². The largest absolute Gasteiger partial charge is 0.488 e. The van der Waals surface area contributed by atoms with Crippen molar-refractivity contribution in [2.45, 2.75) is 19.4 Å². The third kappa shape index (κ3) is 6.66. The summed E-state index contributed by atoms with van der Waals surface area (Å²) in [5.41, 5.74) is 1.51. The quantitative estimate of drug-likeness (QED) is 0.557. The standard InChI is InChI=1S/C19H22F3N3O/c1-23-19(24-10-9-15-6-2-3-8-17(15)20)25-12-14-5-4-7-16(11-14)26-13-18(21)22/h2-8,11,18H,9-10,12-13H2,1H3,(H2,23,24,25). The lowest BCUT2D eigenvalue weighted by atomic mass is 10.1. The van der Waals surface area contributed by atoms with Crippen LogP contribution in [-0.4, -0.2) is 32.6 Å². The topological polar surface area (TPSA) is 45.7 Å². The van der Waals surface area contributed by atoms with Gasteiger partial charge in [-0.1, -0.05) is 30.3 Å². The number of benzene rings is 2. The van der Waals surface area contributed by atoms with Crippen molar-refractivity contribution in [3.05, 3.63) is 65.5 Å². The molecule has 0 aromatic heterocycles. The van der Waals surface area contributed by atoms with E-state index in [9.17, 15) is 13.2 Å². The molecule has 4 nitrogen and oxygen atoms in total. The molecule has 0 saturated carbocycles. The lowest BCUT2D eigenvalue weighted by Gasteiger charge is -2.13. The van der Waals surface area contributed by atoms with Crippen LogP contribution in [0.3, 0.4) is 0 Å². The third-order valence-corrected chi connectivity index (χ3v) is 3.60. The molecule has 2 aromatic carbocycles. The average Bonchev–Trinajstić information content (AvgIpc) is 2.64. The lowest BCUT2D eigenvalue weighted by Crippen LogP contribution is -2.37. The molecular formula is C19H22F3N3O. The van der Waals surface area contributed by atoms with Gasteiger partial charge in [0.1, 0.15) is 18.2 Å². The summed E-state index contributed by atoms with van der Waals surface area (Å²) in [5, 5.41) is 6.23. The Labute approximate surface area is 151 Å². The first kappa shape index (κ1) is 19.6. The van der Waals surface area contributed by atoms with Gasteiger partial charge in [-0.05, 0) is 35.7 Å². The molecule has 0 aliphatic heterocycles. The van der Waals surface area contributed by atoms with Crippen LogP contribution in [0.5, 0.6) is 5.75 Å². The van der Waals surface area contributed by atoms with Crippen LogP contribution in [0.25, 0.3) is 0 Å². The maximum Gasteiger partial charge on any atom is 0.272 e. The molecule has 2 rings (SSSR count). The van der Waals surface area contributed by atoms with Crippen molar-refractivity contribution >= 4 is 5.96 Å². The summed E-state index contributed by atoms with van der Waals surface area (Å²) in [7, 11) is 1.64. The van der Waals surface area contributed by atoms with Gasteiger partial charge in [-0.3, -0.25) is 4.99 Å². The number of hydrogen-bond acceptors (Lipinski definition) is 2.